The molecular weight excluding hydrogens is 272 g/mol. The van der Waals surface area contributed by atoms with E-state index >= 15 is 0 Å². The number of likely N-dealkylation sites (tertiary alicyclic amines) is 1. The molecule has 1 fully saturated rings. The predicted octanol–water partition coefficient (Wildman–Crippen LogP) is 1.58. The fourth-order valence-corrected chi connectivity index (χ4v) is 2.67. The van der Waals surface area contributed by atoms with Crippen LogP contribution in [0, 0.1) is 0 Å². The van der Waals surface area contributed by atoms with Gasteiger partial charge in [-0.25, -0.2) is 0 Å². The Morgan fingerprint density at radius 2 is 2.50 bits per heavy atom. The van der Waals surface area contributed by atoms with Crippen LogP contribution in [0.1, 0.15) is 36.2 Å². The lowest BCUT2D eigenvalue weighted by molar-refractivity contribution is 0.0604. The molecule has 0 aromatic carbocycles. The third-order valence-corrected chi connectivity index (χ3v) is 3.42. The highest BCUT2D eigenvalue weighted by molar-refractivity contribution is 9.09. The van der Waals surface area contributed by atoms with E-state index in [0.29, 0.717) is 11.7 Å². The molecule has 16 heavy (non-hydrogen) atoms. The topological polar surface area (TPSA) is 61.9 Å². The number of carbonyl (C=O) groups is 1. The molecule has 2 heterocycles. The van der Waals surface area contributed by atoms with Gasteiger partial charge in [0.2, 0.25) is 0 Å². The van der Waals surface area contributed by atoms with E-state index in [1.54, 1.807) is 0 Å². The molecule has 1 aliphatic rings. The highest BCUT2D eigenvalue weighted by Crippen LogP contribution is 2.21. The van der Waals surface area contributed by atoms with Gasteiger partial charge in [0, 0.05) is 17.9 Å². The summed E-state index contributed by atoms with van der Waals surface area (Å²) in [6.07, 6.45) is 5.88. The molecule has 1 N–H and O–H groups in total. The van der Waals surface area contributed by atoms with Crippen LogP contribution in [-0.4, -0.2) is 44.1 Å². The van der Waals surface area contributed by atoms with Crippen LogP contribution in [0.5, 0.6) is 0 Å². The number of hydrogen-bond donors (Lipinski definition) is 1. The summed E-state index contributed by atoms with van der Waals surface area (Å²) in [6, 6.07) is 0.345. The molecule has 1 aromatic rings. The van der Waals surface area contributed by atoms with Crippen molar-refractivity contribution in [3.63, 3.8) is 0 Å². The summed E-state index contributed by atoms with van der Waals surface area (Å²) in [5.74, 6) is -0.000556. The molecule has 6 heteroatoms. The Bertz CT molecular complexity index is 339. The molecule has 0 spiro atoms. The van der Waals surface area contributed by atoms with Crippen LogP contribution >= 0.6 is 15.9 Å². The fourth-order valence-electron chi connectivity index (χ4n) is 2.15. The van der Waals surface area contributed by atoms with Gasteiger partial charge in [-0.3, -0.25) is 4.79 Å². The number of halogens is 1. The highest BCUT2D eigenvalue weighted by atomic mass is 79.9. The lowest BCUT2D eigenvalue weighted by Gasteiger charge is -2.35. The Labute approximate surface area is 103 Å². The van der Waals surface area contributed by atoms with Crippen LogP contribution in [0.3, 0.4) is 0 Å². The third kappa shape index (κ3) is 2.42. The summed E-state index contributed by atoms with van der Waals surface area (Å²) < 4.78 is 0. The molecule has 1 amide bonds. The summed E-state index contributed by atoms with van der Waals surface area (Å²) in [5.41, 5.74) is 0.418. The first-order valence-corrected chi connectivity index (χ1v) is 6.68. The van der Waals surface area contributed by atoms with Crippen molar-refractivity contribution in [3.8, 4) is 0 Å². The molecule has 0 bridgehead atoms. The minimum atomic E-state index is -0.000556. The SMILES string of the molecule is O=C(c1cn[nH]n1)N1CCCCC1CCBr. The predicted molar refractivity (Wildman–Crippen MR) is 63.5 cm³/mol. The molecule has 88 valence electrons. The van der Waals surface area contributed by atoms with Gasteiger partial charge >= 0.3 is 0 Å². The zero-order chi connectivity index (χ0) is 11.4. The van der Waals surface area contributed by atoms with Crippen molar-refractivity contribution in [2.24, 2.45) is 0 Å². The van der Waals surface area contributed by atoms with Crippen molar-refractivity contribution in [1.82, 2.24) is 20.3 Å². The Kier molecular flexibility index (Phi) is 3.93. The number of nitrogens with one attached hydrogen (secondary N) is 1. The maximum Gasteiger partial charge on any atom is 0.276 e. The van der Waals surface area contributed by atoms with E-state index in [9.17, 15) is 4.79 Å². The number of H-pyrrole nitrogens is 1. The Morgan fingerprint density at radius 1 is 1.62 bits per heavy atom. The number of hydrogen-bond acceptors (Lipinski definition) is 3. The summed E-state index contributed by atoms with van der Waals surface area (Å²) >= 11 is 3.44. The molecule has 5 nitrogen and oxygen atoms in total. The largest absolute Gasteiger partial charge is 0.334 e. The van der Waals surface area contributed by atoms with E-state index in [2.05, 4.69) is 31.3 Å². The minimum absolute atomic E-state index is 0.000556. The van der Waals surface area contributed by atoms with Crippen LogP contribution in [0.4, 0.5) is 0 Å². The van der Waals surface area contributed by atoms with E-state index in [1.807, 2.05) is 4.90 Å². The first-order chi connectivity index (χ1) is 7.83. The zero-order valence-electron chi connectivity index (χ0n) is 9.03. The monoisotopic (exact) mass is 286 g/mol. The van der Waals surface area contributed by atoms with Crippen molar-refractivity contribution >= 4 is 21.8 Å². The summed E-state index contributed by atoms with van der Waals surface area (Å²) in [5, 5.41) is 10.9. The molecule has 2 rings (SSSR count). The zero-order valence-corrected chi connectivity index (χ0v) is 10.6. The van der Waals surface area contributed by atoms with Crippen molar-refractivity contribution in [1.29, 1.82) is 0 Å². The molecule has 1 aromatic heterocycles. The van der Waals surface area contributed by atoms with Gasteiger partial charge in [-0.2, -0.15) is 15.4 Å². The van der Waals surface area contributed by atoms with Gasteiger partial charge in [0.15, 0.2) is 5.69 Å². The number of nitrogens with zero attached hydrogens (tertiary/aromatic N) is 3. The van der Waals surface area contributed by atoms with Crippen molar-refractivity contribution in [2.75, 3.05) is 11.9 Å². The van der Waals surface area contributed by atoms with E-state index in [-0.39, 0.29) is 5.91 Å². The van der Waals surface area contributed by atoms with Crippen molar-refractivity contribution in [3.05, 3.63) is 11.9 Å². The third-order valence-electron chi connectivity index (χ3n) is 2.96. The fraction of sp³-hybridized carbons (Fsp3) is 0.700. The summed E-state index contributed by atoms with van der Waals surface area (Å²) in [7, 11) is 0. The van der Waals surface area contributed by atoms with E-state index < -0.39 is 0 Å². The Hall–Kier alpha value is -0.910. The molecule has 1 atom stereocenters. The van der Waals surface area contributed by atoms with Crippen LogP contribution in [-0.2, 0) is 0 Å². The van der Waals surface area contributed by atoms with E-state index in [1.165, 1.54) is 12.6 Å². The average molecular weight is 287 g/mol. The lowest BCUT2D eigenvalue weighted by atomic mass is 10.00. The summed E-state index contributed by atoms with van der Waals surface area (Å²) in [4.78, 5) is 14.1. The molecule has 1 unspecified atom stereocenters. The second kappa shape index (κ2) is 5.43. The normalized spacial score (nSPS) is 21.1. The van der Waals surface area contributed by atoms with Gasteiger partial charge in [-0.05, 0) is 25.7 Å². The molecule has 1 saturated heterocycles. The molecular formula is C10H15BrN4O. The first-order valence-electron chi connectivity index (χ1n) is 5.55. The van der Waals surface area contributed by atoms with Crippen LogP contribution in [0.25, 0.3) is 0 Å². The average Bonchev–Trinajstić information content (AvgIpc) is 2.83. The number of alkyl halides is 1. The number of carbonyl (C=O) groups excluding carboxylic acids is 1. The van der Waals surface area contributed by atoms with Crippen molar-refractivity contribution in [2.45, 2.75) is 31.7 Å². The quantitative estimate of drug-likeness (QED) is 0.859. The second-order valence-electron chi connectivity index (χ2n) is 3.98. The smallest absolute Gasteiger partial charge is 0.276 e. The highest BCUT2D eigenvalue weighted by Gasteiger charge is 2.27. The van der Waals surface area contributed by atoms with Gasteiger partial charge < -0.3 is 4.90 Å². The summed E-state index contributed by atoms with van der Waals surface area (Å²) in [6.45, 7) is 0.837. The molecule has 0 radical (unpaired) electrons. The standard InChI is InChI=1S/C10H15BrN4O/c11-5-4-8-3-1-2-6-15(8)10(16)9-7-12-14-13-9/h7-8H,1-6H2,(H,12,13,14). The molecule has 0 aliphatic carbocycles. The lowest BCUT2D eigenvalue weighted by Crippen LogP contribution is -2.44. The van der Waals surface area contributed by atoms with Gasteiger partial charge in [-0.1, -0.05) is 15.9 Å². The van der Waals surface area contributed by atoms with Crippen LogP contribution < -0.4 is 0 Å². The Morgan fingerprint density at radius 3 is 3.19 bits per heavy atom. The number of piperidine rings is 1. The van der Waals surface area contributed by atoms with Crippen LogP contribution in [0.2, 0.25) is 0 Å². The minimum Gasteiger partial charge on any atom is -0.334 e. The van der Waals surface area contributed by atoms with E-state index in [0.717, 1.165) is 31.1 Å². The maximum atomic E-state index is 12.1. The van der Waals surface area contributed by atoms with Crippen molar-refractivity contribution < 1.29 is 4.79 Å². The van der Waals surface area contributed by atoms with Crippen LogP contribution in [0.15, 0.2) is 6.20 Å². The molecule has 0 saturated carbocycles. The molecule has 1 aliphatic heterocycles. The Balaban J connectivity index is 2.08. The van der Waals surface area contributed by atoms with Gasteiger partial charge in [0.1, 0.15) is 0 Å². The number of amides is 1. The van der Waals surface area contributed by atoms with E-state index in [4.69, 9.17) is 0 Å². The van der Waals surface area contributed by atoms with Gasteiger partial charge in [0.25, 0.3) is 5.91 Å². The van der Waals surface area contributed by atoms with Gasteiger partial charge in [-0.15, -0.1) is 0 Å². The first kappa shape index (κ1) is 11.6. The van der Waals surface area contributed by atoms with Gasteiger partial charge in [0.05, 0.1) is 6.20 Å². The number of aromatic amines is 1. The maximum absolute atomic E-state index is 12.1. The second-order valence-corrected chi connectivity index (χ2v) is 4.77. The number of aromatic nitrogens is 3. The number of rotatable bonds is 3.